The van der Waals surface area contributed by atoms with Gasteiger partial charge in [0.15, 0.2) is 0 Å². The molecule has 33 heavy (non-hydrogen) atoms. The van der Waals surface area contributed by atoms with Crippen molar-refractivity contribution in [2.45, 2.75) is 144 Å². The smallest absolute Gasteiger partial charge is 0.0700 e. The van der Waals surface area contributed by atoms with Gasteiger partial charge >= 0.3 is 43.0 Å². The Morgan fingerprint density at radius 2 is 0.879 bits per heavy atom. The van der Waals surface area contributed by atoms with E-state index < -0.39 is 16.1 Å². The van der Waals surface area contributed by atoms with Crippen molar-refractivity contribution >= 4 is 16.1 Å². The molecule has 0 saturated heterocycles. The predicted octanol–water partition coefficient (Wildman–Crippen LogP) is 10.7. The Bertz CT molecular complexity index is 395. The molecule has 0 N–H and O–H groups in total. The van der Waals surface area contributed by atoms with Crippen LogP contribution < -0.4 is 0 Å². The quantitative estimate of drug-likeness (QED) is 0.164. The fraction of sp³-hybridized carbons (Fsp3) is 0.852. The van der Waals surface area contributed by atoms with E-state index in [4.69, 9.17) is 0 Å². The van der Waals surface area contributed by atoms with Crippen molar-refractivity contribution in [3.63, 3.8) is 0 Å². The molecule has 0 unspecified atom stereocenters. The molecule has 0 aliphatic rings. The summed E-state index contributed by atoms with van der Waals surface area (Å²) in [6.07, 6.45) is 4.74. The number of hydrogen-bond acceptors (Lipinski definition) is 1. The first-order chi connectivity index (χ1) is 15.0. The SMILES string of the molecule is CC(C)(C)[N-]/C=C\[N-]C(C)(C)C.CCC[N]=[W].[CH2-][Si](CC)(CC)CC.[CH2-][Si](CC)(CC)CC. The molecule has 0 saturated carbocycles. The van der Waals surface area contributed by atoms with E-state index in [1.165, 1.54) is 62.3 Å². The van der Waals surface area contributed by atoms with Gasteiger partial charge in [-0.05, 0) is 0 Å². The molecule has 3 nitrogen and oxygen atoms in total. The van der Waals surface area contributed by atoms with Gasteiger partial charge in [0.05, 0.1) is 0 Å². The average molecular weight is 668 g/mol. The van der Waals surface area contributed by atoms with Gasteiger partial charge in [0, 0.05) is 0 Å². The number of rotatable bonds is 10. The van der Waals surface area contributed by atoms with Gasteiger partial charge in [0.1, 0.15) is 0 Å². The Morgan fingerprint density at radius 3 is 0.939 bits per heavy atom. The summed E-state index contributed by atoms with van der Waals surface area (Å²) in [5, 5.41) is 8.57. The van der Waals surface area contributed by atoms with Gasteiger partial charge in [-0.3, -0.25) is 0 Å². The second-order valence-electron chi connectivity index (χ2n) is 10.9. The Labute approximate surface area is 224 Å². The molecule has 0 aromatic heterocycles. The van der Waals surface area contributed by atoms with Gasteiger partial charge < -0.3 is 23.7 Å². The van der Waals surface area contributed by atoms with E-state index in [9.17, 15) is 0 Å². The molecule has 6 heteroatoms. The van der Waals surface area contributed by atoms with Crippen LogP contribution in [0, 0.1) is 13.1 Å². The topological polar surface area (TPSA) is 40.6 Å². The van der Waals surface area contributed by atoms with Crippen LogP contribution in [0.1, 0.15) is 96.4 Å². The molecule has 0 atom stereocenters. The second kappa shape index (κ2) is 22.7. The Morgan fingerprint density at radius 1 is 0.636 bits per heavy atom. The minimum absolute atomic E-state index is 0.00387. The van der Waals surface area contributed by atoms with Crippen molar-refractivity contribution in [1.82, 2.24) is 0 Å². The van der Waals surface area contributed by atoms with Crippen LogP contribution in [0.5, 0.6) is 0 Å². The summed E-state index contributed by atoms with van der Waals surface area (Å²) in [6.45, 7) is 37.7. The molecular weight excluding hydrogens is 606 g/mol. The third-order valence-corrected chi connectivity index (χ3v) is 15.5. The Hall–Kier alpha value is 0.262. The van der Waals surface area contributed by atoms with Gasteiger partial charge in [-0.25, -0.2) is 12.4 Å². The van der Waals surface area contributed by atoms with Crippen LogP contribution >= 0.6 is 0 Å². The summed E-state index contributed by atoms with van der Waals surface area (Å²) >= 11 is 1.35. The largest absolute Gasteiger partial charge is 0.342 e. The number of nitrogens with zero attached hydrogens (tertiary/aromatic N) is 3. The molecule has 202 valence electrons. The van der Waals surface area contributed by atoms with Crippen LogP contribution in [0.2, 0.25) is 36.3 Å². The molecule has 0 aliphatic carbocycles. The maximum absolute atomic E-state index is 4.29. The van der Waals surface area contributed by atoms with Crippen LogP contribution in [0.25, 0.3) is 10.6 Å². The molecule has 0 aromatic rings. The van der Waals surface area contributed by atoms with Crippen LogP contribution in [-0.2, 0) is 19.6 Å². The maximum atomic E-state index is 4.29. The Kier molecular flexibility index (Phi) is 27.8. The zero-order chi connectivity index (χ0) is 27.2. The van der Waals surface area contributed by atoms with Gasteiger partial charge in [0.25, 0.3) is 0 Å². The molecule has 0 aromatic carbocycles. The molecule has 0 fully saturated rings. The molecule has 0 rings (SSSR count). The van der Waals surface area contributed by atoms with Crippen molar-refractivity contribution < 1.29 is 19.6 Å². The molecule has 0 radical (unpaired) electrons. The zero-order valence-electron chi connectivity index (χ0n) is 25.0. The predicted molar refractivity (Wildman–Crippen MR) is 158 cm³/mol. The monoisotopic (exact) mass is 667 g/mol. The first-order valence-electron chi connectivity index (χ1n) is 13.1. The third-order valence-electron chi connectivity index (χ3n) is 5.81. The van der Waals surface area contributed by atoms with E-state index >= 15 is 0 Å². The summed E-state index contributed by atoms with van der Waals surface area (Å²) in [7, 11) is -1.84. The van der Waals surface area contributed by atoms with Crippen LogP contribution in [0.3, 0.4) is 0 Å². The summed E-state index contributed by atoms with van der Waals surface area (Å²) in [5.74, 6) is 0. The zero-order valence-corrected chi connectivity index (χ0v) is 29.9. The van der Waals surface area contributed by atoms with Gasteiger partial charge in [-0.2, -0.15) is 0 Å². The van der Waals surface area contributed by atoms with E-state index in [0.29, 0.717) is 0 Å². The normalized spacial score (nSPS) is 11.8. The van der Waals surface area contributed by atoms with Gasteiger partial charge in [0.2, 0.25) is 0 Å². The third kappa shape index (κ3) is 34.5. The van der Waals surface area contributed by atoms with E-state index in [1.54, 1.807) is 12.4 Å². The van der Waals surface area contributed by atoms with E-state index in [2.05, 4.69) is 117 Å². The van der Waals surface area contributed by atoms with Gasteiger partial charge in [-0.1, -0.05) is 135 Å². The van der Waals surface area contributed by atoms with Crippen molar-refractivity contribution in [2.24, 2.45) is 3.50 Å². The van der Waals surface area contributed by atoms with Crippen LogP contribution in [0.15, 0.2) is 15.9 Å². The molecule has 0 spiro atoms. The second-order valence-corrected chi connectivity index (χ2v) is 22.0. The van der Waals surface area contributed by atoms with E-state index in [1.807, 2.05) is 0 Å². The van der Waals surface area contributed by atoms with Crippen molar-refractivity contribution in [3.05, 3.63) is 36.1 Å². The number of hydrogen-bond donors (Lipinski definition) is 0. The fourth-order valence-electron chi connectivity index (χ4n) is 2.11. The Balaban J connectivity index is -0.000000178. The molecule has 0 bridgehead atoms. The van der Waals surface area contributed by atoms with E-state index in [0.717, 1.165) is 6.54 Å². The molecule has 0 aliphatic heterocycles. The van der Waals surface area contributed by atoms with Gasteiger partial charge in [-0.15, -0.1) is 11.1 Å². The summed E-state index contributed by atoms with van der Waals surface area (Å²) < 4.78 is 3.94. The first kappa shape index (κ1) is 40.4. The standard InChI is InChI=1S/C10H20N2.2C7H17Si.C3H7N.W/c1-9(2,3)11-7-8-12-10(4,5)6;2*1-5-8(4,6-2)7-3;1-2-3-4;/h7-8H,1-6H3;2*4-7H2,1-3H3;2-3H2,1H3;/q-2;2*-1;;/b8-7-;;;;. The first-order valence-corrected chi connectivity index (χ1v) is 20.0. The summed E-state index contributed by atoms with van der Waals surface area (Å²) in [5.41, 5.74) is 0.00775. The summed E-state index contributed by atoms with van der Waals surface area (Å²) in [6, 6.07) is 8.08. The van der Waals surface area contributed by atoms with Crippen molar-refractivity contribution in [2.75, 3.05) is 6.54 Å². The molecule has 0 heterocycles. The maximum Gasteiger partial charge on any atom is -0.0700 e. The van der Waals surface area contributed by atoms with Crippen molar-refractivity contribution in [1.29, 1.82) is 0 Å². The minimum atomic E-state index is -0.921. The fourth-order valence-corrected chi connectivity index (χ4v) is 5.76. The van der Waals surface area contributed by atoms with Crippen LogP contribution in [0.4, 0.5) is 0 Å². The van der Waals surface area contributed by atoms with Crippen molar-refractivity contribution in [3.8, 4) is 0 Å². The minimum Gasteiger partial charge on any atom is -0.342 e. The average Bonchev–Trinajstić information content (AvgIpc) is 2.76. The van der Waals surface area contributed by atoms with Crippen LogP contribution in [-0.4, -0.2) is 33.8 Å². The molecule has 0 amide bonds. The van der Waals surface area contributed by atoms with E-state index in [-0.39, 0.29) is 11.1 Å². The summed E-state index contributed by atoms with van der Waals surface area (Å²) in [4.78, 5) is 0. The molecular formula is C27H61N3Si2W-4.